The molecule has 0 aromatic carbocycles. The first kappa shape index (κ1) is 17.7. The number of thioether (sulfide) groups is 1. The fraction of sp³-hybridized carbons (Fsp3) is 0.643. The van der Waals surface area contributed by atoms with Gasteiger partial charge in [0.1, 0.15) is 5.82 Å². The van der Waals surface area contributed by atoms with Crippen molar-refractivity contribution in [1.82, 2.24) is 14.9 Å². The van der Waals surface area contributed by atoms with E-state index in [-0.39, 0.29) is 17.9 Å². The van der Waals surface area contributed by atoms with Gasteiger partial charge in [0.2, 0.25) is 0 Å². The third kappa shape index (κ3) is 4.57. The molecule has 1 aromatic heterocycles. The van der Waals surface area contributed by atoms with Crippen LogP contribution in [-0.4, -0.2) is 45.9 Å². The second-order valence-corrected chi connectivity index (χ2v) is 6.32. The highest BCUT2D eigenvalue weighted by Crippen LogP contribution is 2.18. The lowest BCUT2D eigenvalue weighted by molar-refractivity contribution is 0.0736. The lowest BCUT2D eigenvalue weighted by Crippen LogP contribution is -2.36. The van der Waals surface area contributed by atoms with Crippen LogP contribution in [0.25, 0.3) is 0 Å². The Labute approximate surface area is 130 Å². The molecule has 7 heteroatoms. The first-order chi connectivity index (χ1) is 9.92. The molecule has 0 aliphatic rings. The summed E-state index contributed by atoms with van der Waals surface area (Å²) in [6.07, 6.45) is 4.57. The van der Waals surface area contributed by atoms with E-state index in [9.17, 15) is 4.79 Å². The third-order valence-corrected chi connectivity index (χ3v) is 4.05. The van der Waals surface area contributed by atoms with E-state index in [4.69, 9.17) is 5.84 Å². The van der Waals surface area contributed by atoms with Crippen molar-refractivity contribution < 1.29 is 4.79 Å². The number of anilines is 1. The number of hydrazine groups is 1. The first-order valence-electron chi connectivity index (χ1n) is 7.02. The van der Waals surface area contributed by atoms with E-state index in [0.29, 0.717) is 17.2 Å². The highest BCUT2D eigenvalue weighted by molar-refractivity contribution is 7.98. The molecule has 6 nitrogen and oxygen atoms in total. The summed E-state index contributed by atoms with van der Waals surface area (Å²) < 4.78 is 0. The number of hydrogen-bond donors (Lipinski definition) is 2. The number of hydrogen-bond acceptors (Lipinski definition) is 6. The maximum atomic E-state index is 12.6. The number of amides is 1. The van der Waals surface area contributed by atoms with Crippen LogP contribution in [0.1, 0.15) is 49.4 Å². The van der Waals surface area contributed by atoms with Crippen molar-refractivity contribution in [2.24, 2.45) is 5.84 Å². The lowest BCUT2D eigenvalue weighted by Gasteiger charge is -2.25. The molecule has 0 aliphatic carbocycles. The van der Waals surface area contributed by atoms with Gasteiger partial charge in [-0.1, -0.05) is 13.8 Å². The summed E-state index contributed by atoms with van der Waals surface area (Å²) in [6, 6.07) is 0.146. The van der Waals surface area contributed by atoms with Gasteiger partial charge in [-0.05, 0) is 25.4 Å². The molecular formula is C14H25N5OS. The van der Waals surface area contributed by atoms with Gasteiger partial charge in [0.25, 0.3) is 5.91 Å². The van der Waals surface area contributed by atoms with E-state index in [2.05, 4.69) is 21.6 Å². The second kappa shape index (κ2) is 8.19. The van der Waals surface area contributed by atoms with Gasteiger partial charge in [0, 0.05) is 19.0 Å². The van der Waals surface area contributed by atoms with Crippen LogP contribution >= 0.6 is 11.8 Å². The third-order valence-electron chi connectivity index (χ3n) is 3.40. The summed E-state index contributed by atoms with van der Waals surface area (Å²) in [5.41, 5.74) is 3.28. The normalized spacial score (nSPS) is 12.3. The topological polar surface area (TPSA) is 84.1 Å². The number of nitrogens with zero attached hydrogens (tertiary/aromatic N) is 3. The summed E-state index contributed by atoms with van der Waals surface area (Å²) in [7, 11) is 1.80. The fourth-order valence-electron chi connectivity index (χ4n) is 1.79. The molecule has 118 valence electrons. The Kier molecular flexibility index (Phi) is 6.91. The molecule has 0 fully saturated rings. The molecule has 1 heterocycles. The molecule has 21 heavy (non-hydrogen) atoms. The molecule has 0 radical (unpaired) electrons. The van der Waals surface area contributed by atoms with Crippen molar-refractivity contribution in [3.8, 4) is 0 Å². The summed E-state index contributed by atoms with van der Waals surface area (Å²) >= 11 is 1.77. The van der Waals surface area contributed by atoms with Crippen LogP contribution in [0.3, 0.4) is 0 Å². The average molecular weight is 311 g/mol. The molecule has 0 bridgehead atoms. The Balaban J connectivity index is 3.01. The number of nitrogens with one attached hydrogen (secondary N) is 1. The molecule has 1 atom stereocenters. The molecule has 1 aromatic rings. The van der Waals surface area contributed by atoms with Gasteiger partial charge in [-0.25, -0.2) is 9.97 Å². The summed E-state index contributed by atoms with van der Waals surface area (Å²) in [4.78, 5) is 22.9. The molecule has 1 rings (SSSR count). The first-order valence-corrected chi connectivity index (χ1v) is 8.41. The van der Waals surface area contributed by atoms with Crippen LogP contribution in [0.4, 0.5) is 5.69 Å². The maximum Gasteiger partial charge on any atom is 0.274 e. The Morgan fingerprint density at radius 1 is 1.48 bits per heavy atom. The van der Waals surface area contributed by atoms with Crippen molar-refractivity contribution in [2.75, 3.05) is 24.5 Å². The van der Waals surface area contributed by atoms with Crippen molar-refractivity contribution in [2.45, 2.75) is 39.2 Å². The minimum absolute atomic E-state index is 0.138. The largest absolute Gasteiger partial charge is 0.338 e. The number of aromatic nitrogens is 2. The van der Waals surface area contributed by atoms with Crippen LogP contribution in [0.2, 0.25) is 0 Å². The zero-order valence-corrected chi connectivity index (χ0v) is 14.2. The Morgan fingerprint density at radius 3 is 2.67 bits per heavy atom. The highest BCUT2D eigenvalue weighted by Gasteiger charge is 2.22. The van der Waals surface area contributed by atoms with Crippen molar-refractivity contribution >= 4 is 23.4 Å². The van der Waals surface area contributed by atoms with E-state index < -0.39 is 0 Å². The van der Waals surface area contributed by atoms with E-state index in [0.717, 1.165) is 12.2 Å². The minimum Gasteiger partial charge on any atom is -0.338 e. The smallest absolute Gasteiger partial charge is 0.274 e. The van der Waals surface area contributed by atoms with Crippen molar-refractivity contribution in [3.05, 3.63) is 17.7 Å². The molecule has 1 unspecified atom stereocenters. The Bertz CT molecular complexity index is 480. The van der Waals surface area contributed by atoms with Crippen LogP contribution in [0, 0.1) is 0 Å². The van der Waals surface area contributed by atoms with E-state index in [1.807, 2.05) is 20.8 Å². The highest BCUT2D eigenvalue weighted by atomic mass is 32.2. The summed E-state index contributed by atoms with van der Waals surface area (Å²) in [6.45, 7) is 6.02. The van der Waals surface area contributed by atoms with Gasteiger partial charge in [-0.3, -0.25) is 10.6 Å². The number of nitrogen functional groups attached to an aromatic ring is 1. The van der Waals surface area contributed by atoms with Gasteiger partial charge >= 0.3 is 0 Å². The van der Waals surface area contributed by atoms with Crippen molar-refractivity contribution in [1.29, 1.82) is 0 Å². The lowest BCUT2D eigenvalue weighted by atomic mass is 10.2. The van der Waals surface area contributed by atoms with Crippen LogP contribution in [-0.2, 0) is 0 Å². The number of rotatable bonds is 7. The average Bonchev–Trinajstić information content (AvgIpc) is 2.50. The predicted octanol–water partition coefficient (Wildman–Crippen LogP) is 2.10. The maximum absolute atomic E-state index is 12.6. The van der Waals surface area contributed by atoms with Gasteiger partial charge in [-0.2, -0.15) is 11.8 Å². The zero-order chi connectivity index (χ0) is 16.0. The molecular weight excluding hydrogens is 286 g/mol. The fourth-order valence-corrected chi connectivity index (χ4v) is 2.37. The molecule has 0 saturated heterocycles. The quantitative estimate of drug-likeness (QED) is 0.592. The molecule has 1 amide bonds. The summed E-state index contributed by atoms with van der Waals surface area (Å²) in [5, 5.41) is 0. The van der Waals surface area contributed by atoms with E-state index in [1.165, 1.54) is 0 Å². The monoisotopic (exact) mass is 311 g/mol. The molecule has 0 saturated carbocycles. The van der Waals surface area contributed by atoms with Crippen LogP contribution in [0.5, 0.6) is 0 Å². The van der Waals surface area contributed by atoms with Crippen molar-refractivity contribution in [3.63, 3.8) is 0 Å². The van der Waals surface area contributed by atoms with Crippen LogP contribution < -0.4 is 11.3 Å². The predicted molar refractivity (Wildman–Crippen MR) is 88.5 cm³/mol. The number of carbonyl (C=O) groups excluding carboxylic acids is 1. The van der Waals surface area contributed by atoms with E-state index in [1.54, 1.807) is 29.9 Å². The Hall–Kier alpha value is -1.34. The van der Waals surface area contributed by atoms with Crippen LogP contribution in [0.15, 0.2) is 6.20 Å². The van der Waals surface area contributed by atoms with E-state index >= 15 is 0 Å². The van der Waals surface area contributed by atoms with Gasteiger partial charge in [0.05, 0.1) is 11.9 Å². The standard InChI is InChI=1S/C14H25N5OS/c1-9(2)13-16-8-11(18-15)12(17-13)14(20)19(4)10(3)6-7-21-5/h8-10,18H,6-7,15H2,1-5H3. The SMILES string of the molecule is CSCCC(C)N(C)C(=O)c1nc(C(C)C)ncc1NN. The molecule has 0 spiro atoms. The minimum atomic E-state index is -0.138. The second-order valence-electron chi connectivity index (χ2n) is 5.34. The van der Waals surface area contributed by atoms with Gasteiger partial charge in [0.15, 0.2) is 5.69 Å². The number of nitrogens with two attached hydrogens (primary N) is 1. The van der Waals surface area contributed by atoms with Gasteiger partial charge in [-0.15, -0.1) is 0 Å². The number of carbonyl (C=O) groups is 1. The summed E-state index contributed by atoms with van der Waals surface area (Å²) in [5.74, 6) is 7.14. The zero-order valence-electron chi connectivity index (χ0n) is 13.4. The molecule has 3 N–H and O–H groups in total. The molecule has 0 aliphatic heterocycles. The Morgan fingerprint density at radius 2 is 2.14 bits per heavy atom. The van der Waals surface area contributed by atoms with Gasteiger partial charge < -0.3 is 10.3 Å².